The van der Waals surface area contributed by atoms with Gasteiger partial charge in [-0.05, 0) is 31.2 Å². The number of phenols is 1. The van der Waals surface area contributed by atoms with Gasteiger partial charge in [0, 0.05) is 21.7 Å². The predicted molar refractivity (Wildman–Crippen MR) is 118 cm³/mol. The van der Waals surface area contributed by atoms with Gasteiger partial charge in [-0.15, -0.1) is 10.2 Å². The van der Waals surface area contributed by atoms with E-state index in [1.54, 1.807) is 6.07 Å². The Hall–Kier alpha value is -3.08. The highest BCUT2D eigenvalue weighted by atomic mass is 35.5. The van der Waals surface area contributed by atoms with Gasteiger partial charge in [-0.1, -0.05) is 52.9 Å². The Bertz CT molecular complexity index is 1290. The average Bonchev–Trinajstić information content (AvgIpc) is 3.35. The van der Waals surface area contributed by atoms with Crippen LogP contribution in [0.25, 0.3) is 11.0 Å². The van der Waals surface area contributed by atoms with E-state index >= 15 is 0 Å². The van der Waals surface area contributed by atoms with Crippen molar-refractivity contribution in [3.8, 4) is 5.75 Å². The summed E-state index contributed by atoms with van der Waals surface area (Å²) in [6, 6.07) is 11.3. The van der Waals surface area contributed by atoms with Crippen LogP contribution in [0, 0.1) is 6.92 Å². The lowest BCUT2D eigenvalue weighted by molar-refractivity contribution is 0.0830. The maximum absolute atomic E-state index is 12.8. The first-order valence-electron chi connectivity index (χ1n) is 8.95. The van der Waals surface area contributed by atoms with Crippen LogP contribution in [0.4, 0.5) is 0 Å². The highest BCUT2D eigenvalue weighted by Crippen LogP contribution is 2.33. The Kier molecular flexibility index (Phi) is 6.12. The van der Waals surface area contributed by atoms with Crippen LogP contribution in [0.2, 0.25) is 5.02 Å². The largest absolute Gasteiger partial charge is 0.507 e. The first-order chi connectivity index (χ1) is 14.9. The molecule has 2 heterocycles. The fourth-order valence-corrected chi connectivity index (χ4v) is 4.84. The molecule has 4 aromatic rings. The second-order valence-electron chi connectivity index (χ2n) is 6.35. The van der Waals surface area contributed by atoms with Gasteiger partial charge in [-0.2, -0.15) is 0 Å². The molecule has 0 radical (unpaired) electrons. The minimum absolute atomic E-state index is 0.0696. The number of carbonyl (C=O) groups is 2. The van der Waals surface area contributed by atoms with Crippen LogP contribution in [0.1, 0.15) is 31.5 Å². The topological polar surface area (TPSA) is 117 Å². The standard InChI is InChI=1S/C20H15ClN4O4S2/c1-10-22-25-20(31-10)30-9-14-12-4-2-3-5-16(12)29-17(14)19(28)24-23-18(27)13-8-11(21)6-7-15(13)26/h2-8,26H,9H2,1H3,(H,23,27)(H,24,28). The second-order valence-corrected chi connectivity index (χ2v) is 9.19. The number of benzene rings is 2. The van der Waals surface area contributed by atoms with Gasteiger partial charge >= 0.3 is 5.91 Å². The molecular formula is C20H15ClN4O4S2. The molecule has 0 spiro atoms. The van der Waals surface area contributed by atoms with Crippen molar-refractivity contribution in [3.05, 3.63) is 69.4 Å². The Labute approximate surface area is 189 Å². The number of aromatic hydroxyl groups is 1. The monoisotopic (exact) mass is 474 g/mol. The van der Waals surface area contributed by atoms with Crippen molar-refractivity contribution in [2.45, 2.75) is 17.0 Å². The smallest absolute Gasteiger partial charge is 0.305 e. The number of halogens is 1. The van der Waals surface area contributed by atoms with E-state index in [9.17, 15) is 14.7 Å². The Morgan fingerprint density at radius 2 is 1.94 bits per heavy atom. The fourth-order valence-electron chi connectivity index (χ4n) is 2.82. The summed E-state index contributed by atoms with van der Waals surface area (Å²) in [6.45, 7) is 1.87. The molecule has 0 atom stereocenters. The maximum atomic E-state index is 12.8. The van der Waals surface area contributed by atoms with E-state index in [0.717, 1.165) is 14.7 Å². The minimum Gasteiger partial charge on any atom is -0.507 e. The molecule has 0 aliphatic rings. The van der Waals surface area contributed by atoms with Crippen molar-refractivity contribution >= 4 is 57.5 Å². The van der Waals surface area contributed by atoms with Gasteiger partial charge in [-0.3, -0.25) is 20.4 Å². The predicted octanol–water partition coefficient (Wildman–Crippen LogP) is 4.32. The lowest BCUT2D eigenvalue weighted by Crippen LogP contribution is -2.41. The number of aromatic nitrogens is 2. The van der Waals surface area contributed by atoms with E-state index in [4.69, 9.17) is 16.0 Å². The SMILES string of the molecule is Cc1nnc(SCc2c(C(=O)NNC(=O)c3cc(Cl)ccc3O)oc3ccccc23)s1. The van der Waals surface area contributed by atoms with Gasteiger partial charge in [-0.25, -0.2) is 0 Å². The number of nitrogens with zero attached hydrogens (tertiary/aromatic N) is 2. The summed E-state index contributed by atoms with van der Waals surface area (Å²) < 4.78 is 6.53. The van der Waals surface area contributed by atoms with Gasteiger partial charge in [0.15, 0.2) is 10.1 Å². The quantitative estimate of drug-likeness (QED) is 0.291. The maximum Gasteiger partial charge on any atom is 0.305 e. The van der Waals surface area contributed by atoms with E-state index in [0.29, 0.717) is 16.9 Å². The summed E-state index contributed by atoms with van der Waals surface area (Å²) >= 11 is 8.77. The van der Waals surface area contributed by atoms with Crippen LogP contribution < -0.4 is 10.9 Å². The summed E-state index contributed by atoms with van der Waals surface area (Å²) in [6.07, 6.45) is 0. The number of aryl methyl sites for hydroxylation is 1. The molecule has 11 heteroatoms. The summed E-state index contributed by atoms with van der Waals surface area (Å²) in [7, 11) is 0. The number of hydrogen-bond donors (Lipinski definition) is 3. The molecule has 3 N–H and O–H groups in total. The molecule has 0 saturated carbocycles. The number of nitrogens with one attached hydrogen (secondary N) is 2. The molecular weight excluding hydrogens is 460 g/mol. The van der Waals surface area contributed by atoms with Gasteiger partial charge in [0.1, 0.15) is 16.3 Å². The number of fused-ring (bicyclic) bond motifs is 1. The molecule has 4 rings (SSSR count). The third-order valence-corrected chi connectivity index (χ3v) is 6.48. The molecule has 0 bridgehead atoms. The molecule has 0 fully saturated rings. The van der Waals surface area contributed by atoms with Crippen molar-refractivity contribution in [1.29, 1.82) is 0 Å². The van der Waals surface area contributed by atoms with Crippen LogP contribution in [0.3, 0.4) is 0 Å². The fraction of sp³-hybridized carbons (Fsp3) is 0.100. The molecule has 2 amide bonds. The molecule has 158 valence electrons. The average molecular weight is 475 g/mol. The molecule has 2 aromatic heterocycles. The summed E-state index contributed by atoms with van der Waals surface area (Å²) in [4.78, 5) is 25.1. The third kappa shape index (κ3) is 4.66. The molecule has 0 aliphatic carbocycles. The van der Waals surface area contributed by atoms with E-state index in [1.165, 1.54) is 41.3 Å². The van der Waals surface area contributed by atoms with E-state index in [-0.39, 0.29) is 22.1 Å². The number of para-hydroxylation sites is 1. The van der Waals surface area contributed by atoms with Crippen molar-refractivity contribution in [2.24, 2.45) is 0 Å². The zero-order chi connectivity index (χ0) is 22.0. The van der Waals surface area contributed by atoms with E-state index in [2.05, 4.69) is 21.0 Å². The van der Waals surface area contributed by atoms with Gasteiger partial charge in [0.2, 0.25) is 0 Å². The number of carbonyl (C=O) groups excluding carboxylic acids is 2. The minimum atomic E-state index is -0.718. The molecule has 0 saturated heterocycles. The van der Waals surface area contributed by atoms with Gasteiger partial charge in [0.05, 0.1) is 5.56 Å². The highest BCUT2D eigenvalue weighted by molar-refractivity contribution is 8.00. The highest BCUT2D eigenvalue weighted by Gasteiger charge is 2.22. The third-order valence-electron chi connectivity index (χ3n) is 4.24. The van der Waals surface area contributed by atoms with Crippen molar-refractivity contribution in [3.63, 3.8) is 0 Å². The number of hydrogen-bond acceptors (Lipinski definition) is 8. The van der Waals surface area contributed by atoms with Crippen LogP contribution in [0.5, 0.6) is 5.75 Å². The molecule has 31 heavy (non-hydrogen) atoms. The van der Waals surface area contributed by atoms with Crippen molar-refractivity contribution < 1.29 is 19.1 Å². The number of phenolic OH excluding ortho intramolecular Hbond substituents is 1. The van der Waals surface area contributed by atoms with Crippen molar-refractivity contribution in [2.75, 3.05) is 0 Å². The number of hydrazine groups is 1. The summed E-state index contributed by atoms with van der Waals surface area (Å²) in [5.41, 5.74) is 5.75. The Morgan fingerprint density at radius 1 is 1.16 bits per heavy atom. The zero-order valence-corrected chi connectivity index (χ0v) is 18.4. The van der Waals surface area contributed by atoms with Gasteiger partial charge < -0.3 is 9.52 Å². The first kappa shape index (κ1) is 21.2. The lowest BCUT2D eigenvalue weighted by atomic mass is 10.1. The second kappa shape index (κ2) is 8.96. The van der Waals surface area contributed by atoms with Crippen molar-refractivity contribution in [1.82, 2.24) is 21.0 Å². The van der Waals surface area contributed by atoms with Crippen LogP contribution in [0.15, 0.2) is 51.2 Å². The van der Waals surface area contributed by atoms with Crippen LogP contribution >= 0.6 is 34.7 Å². The lowest BCUT2D eigenvalue weighted by Gasteiger charge is -2.08. The Balaban J connectivity index is 1.54. The summed E-state index contributed by atoms with van der Waals surface area (Å²) in [5, 5.41) is 19.8. The van der Waals surface area contributed by atoms with E-state index in [1.807, 2.05) is 25.1 Å². The van der Waals surface area contributed by atoms with Gasteiger partial charge in [0.25, 0.3) is 5.91 Å². The first-order valence-corrected chi connectivity index (χ1v) is 11.1. The number of furan rings is 1. The molecule has 2 aromatic carbocycles. The Morgan fingerprint density at radius 3 is 2.71 bits per heavy atom. The number of thioether (sulfide) groups is 1. The van der Waals surface area contributed by atoms with Crippen LogP contribution in [-0.2, 0) is 5.75 Å². The molecule has 0 aliphatic heterocycles. The van der Waals surface area contributed by atoms with Crippen LogP contribution in [-0.4, -0.2) is 27.1 Å². The number of rotatable bonds is 5. The zero-order valence-electron chi connectivity index (χ0n) is 16.0. The normalized spacial score (nSPS) is 10.9. The van der Waals surface area contributed by atoms with E-state index < -0.39 is 11.8 Å². The summed E-state index contributed by atoms with van der Waals surface area (Å²) in [5.74, 6) is -1.10. The molecule has 8 nitrogen and oxygen atoms in total. The molecule has 0 unspecified atom stereocenters. The number of amides is 2.